The molecule has 100 valence electrons. The molecule has 2 aromatic rings. The van der Waals surface area contributed by atoms with Crippen LogP contribution in [-0.2, 0) is 6.61 Å². The Bertz CT molecular complexity index is 584. The van der Waals surface area contributed by atoms with Gasteiger partial charge in [-0.1, -0.05) is 12.1 Å². The molecule has 2 N–H and O–H groups in total. The van der Waals surface area contributed by atoms with E-state index in [1.807, 2.05) is 6.07 Å². The molecule has 2 rings (SSSR count). The van der Waals surface area contributed by atoms with E-state index in [0.29, 0.717) is 17.0 Å². The Hall–Kier alpha value is -2.23. The molecule has 0 atom stereocenters. The van der Waals surface area contributed by atoms with Crippen LogP contribution in [0.1, 0.15) is 11.1 Å². The van der Waals surface area contributed by atoms with E-state index in [9.17, 15) is 4.39 Å². The normalized spacial score (nSPS) is 10.3. The van der Waals surface area contributed by atoms with Gasteiger partial charge < -0.3 is 15.2 Å². The van der Waals surface area contributed by atoms with Gasteiger partial charge >= 0.3 is 0 Å². The molecule has 0 saturated carbocycles. The predicted octanol–water partition coefficient (Wildman–Crippen LogP) is 3.30. The zero-order chi connectivity index (χ0) is 13.8. The van der Waals surface area contributed by atoms with Gasteiger partial charge in [0, 0.05) is 11.8 Å². The monoisotopic (exact) mass is 261 g/mol. The van der Waals surface area contributed by atoms with Crippen molar-refractivity contribution < 1.29 is 13.9 Å². The number of nitrogens with two attached hydrogens (primary N) is 1. The molecule has 0 saturated heterocycles. The minimum atomic E-state index is -0.335. The van der Waals surface area contributed by atoms with Crippen LogP contribution in [0.25, 0.3) is 0 Å². The lowest BCUT2D eigenvalue weighted by Crippen LogP contribution is -2.00. The zero-order valence-electron chi connectivity index (χ0n) is 10.9. The Balaban J connectivity index is 2.14. The highest BCUT2D eigenvalue weighted by Crippen LogP contribution is 2.23. The summed E-state index contributed by atoms with van der Waals surface area (Å²) in [5.41, 5.74) is 7.72. The molecule has 0 spiro atoms. The second kappa shape index (κ2) is 5.61. The Labute approximate surface area is 111 Å². The van der Waals surface area contributed by atoms with E-state index >= 15 is 0 Å². The van der Waals surface area contributed by atoms with Crippen molar-refractivity contribution in [3.8, 4) is 11.5 Å². The average molecular weight is 261 g/mol. The summed E-state index contributed by atoms with van der Waals surface area (Å²) >= 11 is 0. The molecule has 0 aliphatic carbocycles. The van der Waals surface area contributed by atoms with E-state index < -0.39 is 0 Å². The van der Waals surface area contributed by atoms with Gasteiger partial charge in [-0.25, -0.2) is 4.39 Å². The molecule has 19 heavy (non-hydrogen) atoms. The number of halogens is 1. The van der Waals surface area contributed by atoms with Gasteiger partial charge in [0.05, 0.1) is 7.11 Å². The molecule has 0 bridgehead atoms. The molecule has 0 radical (unpaired) electrons. The maximum Gasteiger partial charge on any atom is 0.167 e. The maximum absolute atomic E-state index is 13.8. The summed E-state index contributed by atoms with van der Waals surface area (Å²) in [6.07, 6.45) is 0. The summed E-state index contributed by atoms with van der Waals surface area (Å²) in [6, 6.07) is 10.4. The standard InChI is InChI=1S/C15H16FNO2/c1-10-4-3-5-14(15(10)16)19-9-11-6-12(17)8-13(7-11)18-2/h3-8H,9,17H2,1-2H3. The third-order valence-corrected chi connectivity index (χ3v) is 2.78. The summed E-state index contributed by atoms with van der Waals surface area (Å²) in [7, 11) is 1.57. The van der Waals surface area contributed by atoms with Gasteiger partial charge in [0.15, 0.2) is 11.6 Å². The molecule has 0 heterocycles. The summed E-state index contributed by atoms with van der Waals surface area (Å²) in [6.45, 7) is 1.94. The predicted molar refractivity (Wildman–Crippen MR) is 72.9 cm³/mol. The highest BCUT2D eigenvalue weighted by Gasteiger charge is 2.06. The molecule has 4 heteroatoms. The highest BCUT2D eigenvalue weighted by atomic mass is 19.1. The van der Waals surface area contributed by atoms with Crippen LogP contribution < -0.4 is 15.2 Å². The lowest BCUT2D eigenvalue weighted by Gasteiger charge is -2.10. The highest BCUT2D eigenvalue weighted by molar-refractivity contribution is 5.47. The lowest BCUT2D eigenvalue weighted by molar-refractivity contribution is 0.289. The Kier molecular flexibility index (Phi) is 3.90. The van der Waals surface area contributed by atoms with E-state index in [-0.39, 0.29) is 18.2 Å². The SMILES string of the molecule is COc1cc(N)cc(COc2cccc(C)c2F)c1. The van der Waals surface area contributed by atoms with Gasteiger partial charge in [-0.3, -0.25) is 0 Å². The van der Waals surface area contributed by atoms with Crippen molar-refractivity contribution in [2.45, 2.75) is 13.5 Å². The summed E-state index contributed by atoms with van der Waals surface area (Å²) < 4.78 is 24.3. The number of ether oxygens (including phenoxy) is 2. The number of hydrogen-bond donors (Lipinski definition) is 1. The number of nitrogen functional groups attached to an aromatic ring is 1. The topological polar surface area (TPSA) is 44.5 Å². The summed E-state index contributed by atoms with van der Waals surface area (Å²) in [4.78, 5) is 0. The van der Waals surface area contributed by atoms with Crippen molar-refractivity contribution in [3.63, 3.8) is 0 Å². The fraction of sp³-hybridized carbons (Fsp3) is 0.200. The third-order valence-electron chi connectivity index (χ3n) is 2.78. The van der Waals surface area contributed by atoms with Crippen LogP contribution in [0.15, 0.2) is 36.4 Å². The van der Waals surface area contributed by atoms with Crippen LogP contribution in [-0.4, -0.2) is 7.11 Å². The van der Waals surface area contributed by atoms with Gasteiger partial charge in [0.1, 0.15) is 12.4 Å². The van der Waals surface area contributed by atoms with Crippen molar-refractivity contribution in [3.05, 3.63) is 53.3 Å². The first-order valence-electron chi connectivity index (χ1n) is 5.91. The lowest BCUT2D eigenvalue weighted by atomic mass is 10.2. The molecule has 0 aromatic heterocycles. The van der Waals surface area contributed by atoms with Gasteiger partial charge in [-0.15, -0.1) is 0 Å². The Morgan fingerprint density at radius 1 is 1.21 bits per heavy atom. The number of anilines is 1. The van der Waals surface area contributed by atoms with Crippen LogP contribution in [0, 0.1) is 12.7 Å². The average Bonchev–Trinajstić information content (AvgIpc) is 2.40. The van der Waals surface area contributed by atoms with Crippen LogP contribution in [0.2, 0.25) is 0 Å². The van der Waals surface area contributed by atoms with Crippen LogP contribution >= 0.6 is 0 Å². The molecule has 0 aliphatic heterocycles. The Morgan fingerprint density at radius 2 is 2.00 bits per heavy atom. The van der Waals surface area contributed by atoms with E-state index in [1.54, 1.807) is 44.4 Å². The second-order valence-corrected chi connectivity index (χ2v) is 4.29. The van der Waals surface area contributed by atoms with E-state index in [1.165, 1.54) is 0 Å². The number of methoxy groups -OCH3 is 1. The maximum atomic E-state index is 13.8. The van der Waals surface area contributed by atoms with Gasteiger partial charge in [0.25, 0.3) is 0 Å². The fourth-order valence-electron chi connectivity index (χ4n) is 1.78. The minimum Gasteiger partial charge on any atom is -0.497 e. The number of aryl methyl sites for hydroxylation is 1. The largest absolute Gasteiger partial charge is 0.497 e. The van der Waals surface area contributed by atoms with Crippen LogP contribution in [0.4, 0.5) is 10.1 Å². The fourth-order valence-corrected chi connectivity index (χ4v) is 1.78. The minimum absolute atomic E-state index is 0.237. The number of rotatable bonds is 4. The first-order chi connectivity index (χ1) is 9.10. The first-order valence-corrected chi connectivity index (χ1v) is 5.91. The molecule has 0 aliphatic rings. The smallest absolute Gasteiger partial charge is 0.167 e. The van der Waals surface area contributed by atoms with E-state index in [2.05, 4.69) is 0 Å². The van der Waals surface area contributed by atoms with Crippen molar-refractivity contribution in [1.82, 2.24) is 0 Å². The Morgan fingerprint density at radius 3 is 2.74 bits per heavy atom. The van der Waals surface area contributed by atoms with Gasteiger partial charge in [0.2, 0.25) is 0 Å². The molecule has 2 aromatic carbocycles. The molecular weight excluding hydrogens is 245 g/mol. The van der Waals surface area contributed by atoms with Crippen molar-refractivity contribution in [2.24, 2.45) is 0 Å². The summed E-state index contributed by atoms with van der Waals surface area (Å²) in [5.74, 6) is 0.558. The van der Waals surface area contributed by atoms with E-state index in [4.69, 9.17) is 15.2 Å². The number of benzene rings is 2. The molecule has 0 unspecified atom stereocenters. The molecular formula is C15H16FNO2. The molecule has 0 fully saturated rings. The van der Waals surface area contributed by atoms with Crippen molar-refractivity contribution >= 4 is 5.69 Å². The zero-order valence-corrected chi connectivity index (χ0v) is 10.9. The first kappa shape index (κ1) is 13.2. The summed E-state index contributed by atoms with van der Waals surface area (Å²) in [5, 5.41) is 0. The van der Waals surface area contributed by atoms with Gasteiger partial charge in [-0.05, 0) is 36.2 Å². The van der Waals surface area contributed by atoms with Crippen LogP contribution in [0.3, 0.4) is 0 Å². The van der Waals surface area contributed by atoms with Crippen molar-refractivity contribution in [1.29, 1.82) is 0 Å². The van der Waals surface area contributed by atoms with Crippen LogP contribution in [0.5, 0.6) is 11.5 Å². The van der Waals surface area contributed by atoms with Crippen molar-refractivity contribution in [2.75, 3.05) is 12.8 Å². The van der Waals surface area contributed by atoms with E-state index in [0.717, 1.165) is 5.56 Å². The molecule has 3 nitrogen and oxygen atoms in total. The third kappa shape index (κ3) is 3.16. The molecule has 0 amide bonds. The number of hydrogen-bond acceptors (Lipinski definition) is 3. The van der Waals surface area contributed by atoms with Gasteiger partial charge in [-0.2, -0.15) is 0 Å². The second-order valence-electron chi connectivity index (χ2n) is 4.29. The quantitative estimate of drug-likeness (QED) is 0.859.